The summed E-state index contributed by atoms with van der Waals surface area (Å²) in [5.41, 5.74) is 0. The zero-order valence-electron chi connectivity index (χ0n) is 12.7. The van der Waals surface area contributed by atoms with Gasteiger partial charge in [0.2, 0.25) is 0 Å². The van der Waals surface area contributed by atoms with Crippen molar-refractivity contribution in [1.82, 2.24) is 10.2 Å². The molecule has 0 spiro atoms. The van der Waals surface area contributed by atoms with Gasteiger partial charge in [0.1, 0.15) is 0 Å². The zero-order chi connectivity index (χ0) is 13.7. The van der Waals surface area contributed by atoms with Crippen LogP contribution in [0.1, 0.15) is 40.0 Å². The molecular formula is C15H29N3S. The van der Waals surface area contributed by atoms with Gasteiger partial charge in [-0.15, -0.1) is 0 Å². The summed E-state index contributed by atoms with van der Waals surface area (Å²) in [6, 6.07) is 0. The Morgan fingerprint density at radius 1 is 1.37 bits per heavy atom. The molecule has 2 heterocycles. The maximum Gasteiger partial charge on any atom is 0.156 e. The SMILES string of the molecule is CCC(CC)C1CN=C(NCC2CCN(CC)C2)S1. The first-order chi connectivity index (χ1) is 9.26. The van der Waals surface area contributed by atoms with E-state index in [0.717, 1.165) is 24.9 Å². The van der Waals surface area contributed by atoms with E-state index in [1.165, 1.54) is 44.1 Å². The van der Waals surface area contributed by atoms with E-state index in [1.54, 1.807) is 0 Å². The van der Waals surface area contributed by atoms with Gasteiger partial charge in [-0.05, 0) is 31.3 Å². The Balaban J connectivity index is 1.68. The number of nitrogens with zero attached hydrogens (tertiary/aromatic N) is 2. The summed E-state index contributed by atoms with van der Waals surface area (Å²) in [7, 11) is 0. The third-order valence-electron chi connectivity index (χ3n) is 4.61. The molecule has 2 rings (SSSR count). The minimum atomic E-state index is 0.716. The van der Waals surface area contributed by atoms with E-state index >= 15 is 0 Å². The topological polar surface area (TPSA) is 27.6 Å². The van der Waals surface area contributed by atoms with Gasteiger partial charge in [-0.25, -0.2) is 0 Å². The van der Waals surface area contributed by atoms with Gasteiger partial charge in [-0.3, -0.25) is 4.99 Å². The highest BCUT2D eigenvalue weighted by Gasteiger charge is 2.27. The molecule has 0 saturated carbocycles. The molecule has 0 aliphatic carbocycles. The average Bonchev–Trinajstić information content (AvgIpc) is 3.06. The highest BCUT2D eigenvalue weighted by Crippen LogP contribution is 2.30. The third-order valence-corrected chi connectivity index (χ3v) is 5.94. The molecule has 2 unspecified atom stereocenters. The fraction of sp³-hybridized carbons (Fsp3) is 0.933. The van der Waals surface area contributed by atoms with Crippen LogP contribution in [0, 0.1) is 11.8 Å². The number of rotatable bonds is 6. The Hall–Kier alpha value is -0.220. The van der Waals surface area contributed by atoms with Gasteiger partial charge in [0.25, 0.3) is 0 Å². The van der Waals surface area contributed by atoms with Gasteiger partial charge >= 0.3 is 0 Å². The molecule has 0 radical (unpaired) electrons. The molecule has 1 saturated heterocycles. The fourth-order valence-corrected chi connectivity index (χ4v) is 4.48. The molecule has 1 fully saturated rings. The number of nitrogens with one attached hydrogen (secondary N) is 1. The van der Waals surface area contributed by atoms with E-state index in [-0.39, 0.29) is 0 Å². The highest BCUT2D eigenvalue weighted by atomic mass is 32.2. The van der Waals surface area contributed by atoms with Crippen molar-refractivity contribution in [3.05, 3.63) is 0 Å². The van der Waals surface area contributed by atoms with Crippen LogP contribution >= 0.6 is 11.8 Å². The van der Waals surface area contributed by atoms with Crippen LogP contribution in [-0.2, 0) is 0 Å². The quantitative estimate of drug-likeness (QED) is 0.812. The predicted octanol–water partition coefficient (Wildman–Crippen LogP) is 2.83. The predicted molar refractivity (Wildman–Crippen MR) is 86.0 cm³/mol. The second kappa shape index (κ2) is 7.53. The number of hydrogen-bond acceptors (Lipinski definition) is 4. The Morgan fingerprint density at radius 3 is 2.79 bits per heavy atom. The molecule has 110 valence electrons. The fourth-order valence-electron chi connectivity index (χ4n) is 3.15. The van der Waals surface area contributed by atoms with Crippen molar-refractivity contribution in [2.24, 2.45) is 16.8 Å². The van der Waals surface area contributed by atoms with Gasteiger partial charge in [0.05, 0.1) is 6.54 Å². The molecule has 2 aliphatic rings. The minimum absolute atomic E-state index is 0.716. The molecule has 0 aromatic carbocycles. The normalized spacial score (nSPS) is 28.1. The van der Waals surface area contributed by atoms with E-state index in [4.69, 9.17) is 0 Å². The Bertz CT molecular complexity index is 302. The number of aliphatic imine (C=N–C) groups is 1. The number of hydrogen-bond donors (Lipinski definition) is 1. The van der Waals surface area contributed by atoms with Gasteiger partial charge < -0.3 is 10.2 Å². The van der Waals surface area contributed by atoms with Gasteiger partial charge in [-0.2, -0.15) is 0 Å². The monoisotopic (exact) mass is 283 g/mol. The van der Waals surface area contributed by atoms with Crippen LogP contribution in [0.15, 0.2) is 4.99 Å². The summed E-state index contributed by atoms with van der Waals surface area (Å²) in [5, 5.41) is 5.50. The van der Waals surface area contributed by atoms with Crippen molar-refractivity contribution < 1.29 is 0 Å². The van der Waals surface area contributed by atoms with E-state index in [9.17, 15) is 0 Å². The highest BCUT2D eigenvalue weighted by molar-refractivity contribution is 8.14. The van der Waals surface area contributed by atoms with Gasteiger partial charge in [0, 0.05) is 18.3 Å². The van der Waals surface area contributed by atoms with Crippen LogP contribution in [0.5, 0.6) is 0 Å². The molecule has 2 atom stereocenters. The maximum absolute atomic E-state index is 4.69. The molecule has 4 heteroatoms. The van der Waals surface area contributed by atoms with Crippen molar-refractivity contribution >= 4 is 16.9 Å². The summed E-state index contributed by atoms with van der Waals surface area (Å²) in [6.07, 6.45) is 3.91. The molecular weight excluding hydrogens is 254 g/mol. The van der Waals surface area contributed by atoms with E-state index in [1.807, 2.05) is 11.8 Å². The average molecular weight is 283 g/mol. The number of likely N-dealkylation sites (tertiary alicyclic amines) is 1. The lowest BCUT2D eigenvalue weighted by Gasteiger charge is -2.19. The van der Waals surface area contributed by atoms with Crippen LogP contribution in [0.3, 0.4) is 0 Å². The maximum atomic E-state index is 4.69. The lowest BCUT2D eigenvalue weighted by atomic mass is 9.99. The molecule has 0 aromatic rings. The second-order valence-electron chi connectivity index (χ2n) is 5.81. The molecule has 1 N–H and O–H groups in total. The second-order valence-corrected chi connectivity index (χ2v) is 7.04. The Labute approximate surface area is 122 Å². The van der Waals surface area contributed by atoms with Crippen LogP contribution in [-0.4, -0.2) is 48.0 Å². The van der Waals surface area contributed by atoms with Crippen molar-refractivity contribution in [2.75, 3.05) is 32.7 Å². The first-order valence-corrected chi connectivity index (χ1v) is 8.82. The Morgan fingerprint density at radius 2 is 2.16 bits per heavy atom. The minimum Gasteiger partial charge on any atom is -0.365 e. The van der Waals surface area contributed by atoms with Crippen LogP contribution < -0.4 is 5.32 Å². The summed E-state index contributed by atoms with van der Waals surface area (Å²) in [5.74, 6) is 1.64. The largest absolute Gasteiger partial charge is 0.365 e. The van der Waals surface area contributed by atoms with Crippen LogP contribution in [0.2, 0.25) is 0 Å². The molecule has 2 aliphatic heterocycles. The van der Waals surface area contributed by atoms with E-state index < -0.39 is 0 Å². The lowest BCUT2D eigenvalue weighted by Crippen LogP contribution is -2.29. The van der Waals surface area contributed by atoms with Gasteiger partial charge in [0.15, 0.2) is 5.17 Å². The van der Waals surface area contributed by atoms with Crippen LogP contribution in [0.25, 0.3) is 0 Å². The standard InChI is InChI=1S/C15H29N3S/c1-4-13(5-2)14-10-17-15(19-14)16-9-12-7-8-18(6-3)11-12/h12-14H,4-11H2,1-3H3,(H,16,17). The number of amidine groups is 1. The smallest absolute Gasteiger partial charge is 0.156 e. The van der Waals surface area contributed by atoms with Crippen LogP contribution in [0.4, 0.5) is 0 Å². The molecule has 19 heavy (non-hydrogen) atoms. The molecule has 3 nitrogen and oxygen atoms in total. The zero-order valence-corrected chi connectivity index (χ0v) is 13.5. The van der Waals surface area contributed by atoms with E-state index in [2.05, 4.69) is 36.0 Å². The van der Waals surface area contributed by atoms with Crippen molar-refractivity contribution in [3.63, 3.8) is 0 Å². The van der Waals surface area contributed by atoms with Crippen molar-refractivity contribution in [2.45, 2.75) is 45.3 Å². The first kappa shape index (κ1) is 15.2. The van der Waals surface area contributed by atoms with E-state index in [0.29, 0.717) is 5.25 Å². The molecule has 0 aromatic heterocycles. The summed E-state index contributed by atoms with van der Waals surface area (Å²) < 4.78 is 0. The first-order valence-electron chi connectivity index (χ1n) is 7.94. The number of thioether (sulfide) groups is 1. The Kier molecular flexibility index (Phi) is 6.02. The third kappa shape index (κ3) is 4.12. The van der Waals surface area contributed by atoms with Gasteiger partial charge in [-0.1, -0.05) is 45.4 Å². The van der Waals surface area contributed by atoms with Crippen molar-refractivity contribution in [3.8, 4) is 0 Å². The summed E-state index contributed by atoms with van der Waals surface area (Å²) in [4.78, 5) is 7.23. The summed E-state index contributed by atoms with van der Waals surface area (Å²) >= 11 is 1.98. The van der Waals surface area contributed by atoms with Crippen molar-refractivity contribution in [1.29, 1.82) is 0 Å². The lowest BCUT2D eigenvalue weighted by molar-refractivity contribution is 0.342. The molecule has 0 amide bonds. The summed E-state index contributed by atoms with van der Waals surface area (Å²) in [6.45, 7) is 12.7. The molecule has 0 bridgehead atoms.